The number of hydrogen-bond donors (Lipinski definition) is 1. The molecule has 1 aliphatic heterocycles. The number of nitrogens with one attached hydrogen (secondary N) is 1. The number of anilines is 2. The molecule has 3 aromatic rings. The molecule has 0 amide bonds. The van der Waals surface area contributed by atoms with E-state index in [2.05, 4.69) is 5.32 Å². The molecule has 8 nitrogen and oxygen atoms in total. The highest BCUT2D eigenvalue weighted by Gasteiger charge is 2.30. The maximum atomic E-state index is 12.6. The zero-order valence-electron chi connectivity index (χ0n) is 19.2. The summed E-state index contributed by atoms with van der Waals surface area (Å²) in [5.74, 6) is 1.05. The van der Waals surface area contributed by atoms with Gasteiger partial charge in [0.15, 0.2) is 15.5 Å². The smallest absolute Gasteiger partial charge is 0.177 e. The van der Waals surface area contributed by atoms with E-state index >= 15 is 0 Å². The van der Waals surface area contributed by atoms with Crippen LogP contribution >= 0.6 is 11.6 Å². The fourth-order valence-electron chi connectivity index (χ4n) is 4.46. The second kappa shape index (κ2) is 8.94. The van der Waals surface area contributed by atoms with E-state index < -0.39 is 9.84 Å². The summed E-state index contributed by atoms with van der Waals surface area (Å²) in [5.41, 5.74) is 2.83. The number of rotatable bonds is 7. The van der Waals surface area contributed by atoms with Crippen molar-refractivity contribution in [2.45, 2.75) is 56.6 Å². The predicted octanol–water partition coefficient (Wildman–Crippen LogP) is 4.76. The highest BCUT2D eigenvalue weighted by molar-refractivity contribution is 7.90. The lowest BCUT2D eigenvalue weighted by Gasteiger charge is -2.25. The molecular weight excluding hydrogens is 476 g/mol. The van der Waals surface area contributed by atoms with Gasteiger partial charge in [0.25, 0.3) is 0 Å². The Balaban J connectivity index is 1.64. The van der Waals surface area contributed by atoms with E-state index in [1.54, 1.807) is 18.2 Å². The number of benzene rings is 1. The normalized spacial score (nSPS) is 18.9. The molecule has 2 aliphatic rings. The summed E-state index contributed by atoms with van der Waals surface area (Å²) in [4.78, 5) is 22.3. The van der Waals surface area contributed by atoms with Gasteiger partial charge < -0.3 is 10.1 Å². The number of nitrogens with zero attached hydrogens (tertiary/aromatic N) is 3. The Kier molecular flexibility index (Phi) is 6.12. The molecule has 34 heavy (non-hydrogen) atoms. The average molecular weight is 503 g/mol. The number of fused-ring (bicyclic) bond motifs is 1. The maximum Gasteiger partial charge on any atom is 0.177 e. The number of hydrogen-bond acceptors (Lipinski definition) is 7. The van der Waals surface area contributed by atoms with Crippen molar-refractivity contribution in [1.82, 2.24) is 14.5 Å². The van der Waals surface area contributed by atoms with Gasteiger partial charge in [-0.25, -0.2) is 18.4 Å². The number of ketones is 1. The number of halogens is 1. The van der Waals surface area contributed by atoms with Crippen LogP contribution in [0.1, 0.15) is 49.9 Å². The first-order valence-electron chi connectivity index (χ1n) is 11.5. The number of imidazole rings is 1. The largest absolute Gasteiger partial charge is 0.358 e. The van der Waals surface area contributed by atoms with E-state index in [4.69, 9.17) is 26.3 Å². The van der Waals surface area contributed by atoms with Gasteiger partial charge in [-0.15, -0.1) is 0 Å². The molecule has 1 atom stereocenters. The Morgan fingerprint density at radius 2 is 1.97 bits per heavy atom. The Morgan fingerprint density at radius 1 is 1.18 bits per heavy atom. The first-order valence-corrected chi connectivity index (χ1v) is 13.8. The molecule has 0 radical (unpaired) electrons. The van der Waals surface area contributed by atoms with Crippen molar-refractivity contribution in [3.8, 4) is 0 Å². The van der Waals surface area contributed by atoms with E-state index in [0.29, 0.717) is 39.9 Å². The highest BCUT2D eigenvalue weighted by Crippen LogP contribution is 2.36. The van der Waals surface area contributed by atoms with Gasteiger partial charge in [0.2, 0.25) is 0 Å². The molecule has 2 fully saturated rings. The number of aryl methyl sites for hydroxylation is 1. The van der Waals surface area contributed by atoms with Crippen molar-refractivity contribution in [1.29, 1.82) is 0 Å². The minimum atomic E-state index is -3.54. The summed E-state index contributed by atoms with van der Waals surface area (Å²) >= 11 is 6.08. The molecule has 0 spiro atoms. The lowest BCUT2D eigenvalue weighted by Crippen LogP contribution is -2.19. The minimum Gasteiger partial charge on any atom is -0.358 e. The number of pyridine rings is 1. The van der Waals surface area contributed by atoms with Crippen molar-refractivity contribution in [3.63, 3.8) is 0 Å². The summed E-state index contributed by atoms with van der Waals surface area (Å²) in [7, 11) is -3.54. The molecular formula is C24H27ClN4O4S. The Hall–Kier alpha value is -2.49. The Bertz CT molecular complexity index is 1380. The van der Waals surface area contributed by atoms with E-state index in [1.807, 2.05) is 11.5 Å². The van der Waals surface area contributed by atoms with Crippen LogP contribution in [0.15, 0.2) is 29.2 Å². The summed E-state index contributed by atoms with van der Waals surface area (Å²) in [6, 6.07) is 6.49. The lowest BCUT2D eigenvalue weighted by molar-refractivity contribution is -0.119. The Labute approximate surface area is 203 Å². The molecule has 2 aromatic heterocycles. The van der Waals surface area contributed by atoms with E-state index in [9.17, 15) is 13.2 Å². The third-order valence-electron chi connectivity index (χ3n) is 6.32. The molecule has 1 saturated carbocycles. The number of sulfone groups is 1. The van der Waals surface area contributed by atoms with E-state index in [1.165, 1.54) is 6.07 Å². The van der Waals surface area contributed by atoms with Crippen LogP contribution in [-0.2, 0) is 25.8 Å². The predicted molar refractivity (Wildman–Crippen MR) is 130 cm³/mol. The number of ether oxygens (including phenoxy) is 1. The molecule has 0 bridgehead atoms. The van der Waals surface area contributed by atoms with E-state index in [0.717, 1.165) is 44.2 Å². The van der Waals surface area contributed by atoms with E-state index in [-0.39, 0.29) is 29.2 Å². The van der Waals surface area contributed by atoms with Gasteiger partial charge in [-0.05, 0) is 63.3 Å². The third-order valence-corrected chi connectivity index (χ3v) is 7.69. The number of Topliss-reactive ketones (excluding diaryl/α,β-unsaturated/α-hetero) is 1. The summed E-state index contributed by atoms with van der Waals surface area (Å²) in [6.45, 7) is 2.58. The molecule has 1 unspecified atom stereocenters. The van der Waals surface area contributed by atoms with Crippen LogP contribution < -0.4 is 5.32 Å². The SMILES string of the molecule is Cc1nc2c(Nc3ccc(Cl)cc3S(C)(=O)=O)cc(CC(=O)C3CC3)nc2n1C1CCCCO1. The molecule has 1 aromatic carbocycles. The van der Waals surface area contributed by atoms with Gasteiger partial charge >= 0.3 is 0 Å². The first-order chi connectivity index (χ1) is 16.2. The van der Waals surface area contributed by atoms with Crippen LogP contribution in [-0.4, -0.2) is 41.6 Å². The van der Waals surface area contributed by atoms with Crippen molar-refractivity contribution < 1.29 is 17.9 Å². The fraction of sp³-hybridized carbons (Fsp3) is 0.458. The summed E-state index contributed by atoms with van der Waals surface area (Å²) in [5, 5.41) is 3.58. The van der Waals surface area contributed by atoms with Gasteiger partial charge in [0.1, 0.15) is 23.4 Å². The molecule has 1 N–H and O–H groups in total. The minimum absolute atomic E-state index is 0.0901. The van der Waals surface area contributed by atoms with Gasteiger partial charge in [0.05, 0.1) is 22.0 Å². The second-order valence-electron chi connectivity index (χ2n) is 9.14. The molecule has 1 saturated heterocycles. The van der Waals surface area contributed by atoms with Crippen LogP contribution in [0.25, 0.3) is 11.2 Å². The van der Waals surface area contributed by atoms with Crippen molar-refractivity contribution in [3.05, 3.63) is 40.8 Å². The van der Waals surface area contributed by atoms with Crippen LogP contribution in [0.5, 0.6) is 0 Å². The zero-order valence-corrected chi connectivity index (χ0v) is 20.7. The average Bonchev–Trinajstić information content (AvgIpc) is 3.58. The zero-order chi connectivity index (χ0) is 24.0. The van der Waals surface area contributed by atoms with Crippen LogP contribution in [0.4, 0.5) is 11.4 Å². The summed E-state index contributed by atoms with van der Waals surface area (Å²) < 4.78 is 32.9. The van der Waals surface area contributed by atoms with Crippen molar-refractivity contribution in [2.24, 2.45) is 5.92 Å². The third kappa shape index (κ3) is 4.69. The summed E-state index contributed by atoms with van der Waals surface area (Å²) in [6.07, 6.45) is 6.00. The van der Waals surface area contributed by atoms with Crippen LogP contribution in [0.2, 0.25) is 5.02 Å². The molecule has 5 rings (SSSR count). The maximum absolute atomic E-state index is 12.6. The van der Waals surface area contributed by atoms with Crippen molar-refractivity contribution in [2.75, 3.05) is 18.2 Å². The fourth-order valence-corrected chi connectivity index (χ4v) is 5.56. The highest BCUT2D eigenvalue weighted by atomic mass is 35.5. The van der Waals surface area contributed by atoms with Gasteiger partial charge in [-0.2, -0.15) is 0 Å². The molecule has 1 aliphatic carbocycles. The topological polar surface area (TPSA) is 103 Å². The van der Waals surface area contributed by atoms with Crippen LogP contribution in [0.3, 0.4) is 0 Å². The first kappa shape index (κ1) is 23.3. The van der Waals surface area contributed by atoms with Gasteiger partial charge in [0, 0.05) is 30.2 Å². The number of aromatic nitrogens is 3. The van der Waals surface area contributed by atoms with Crippen LogP contribution in [0, 0.1) is 12.8 Å². The molecule has 3 heterocycles. The number of carbonyl (C=O) groups is 1. The lowest BCUT2D eigenvalue weighted by atomic mass is 10.1. The quantitative estimate of drug-likeness (QED) is 0.496. The molecule has 180 valence electrons. The van der Waals surface area contributed by atoms with Crippen molar-refractivity contribution >= 4 is 49.8 Å². The standard InChI is InChI=1S/C24H27ClN4O4S/c1-14-26-23-19(28-18-9-8-16(25)11-21(18)34(2,31)32)12-17(13-20(30)15-6-7-15)27-24(23)29(14)22-5-3-4-10-33-22/h8-9,11-12,15,22H,3-7,10,13H2,1-2H3,(H,27,28). The van der Waals surface area contributed by atoms with Gasteiger partial charge in [-0.1, -0.05) is 11.6 Å². The Morgan fingerprint density at radius 3 is 2.65 bits per heavy atom. The second-order valence-corrected chi connectivity index (χ2v) is 11.6. The molecule has 10 heteroatoms. The number of carbonyl (C=O) groups excluding carboxylic acids is 1. The monoisotopic (exact) mass is 502 g/mol. The van der Waals surface area contributed by atoms with Gasteiger partial charge in [-0.3, -0.25) is 9.36 Å².